The number of aryl methyl sites for hydroxylation is 1. The lowest BCUT2D eigenvalue weighted by Gasteiger charge is -2.27. The SMILES string of the molecule is CCCc1ccccc1N1C(=O)CS[C@@H]1c1cccc(NC(=O)c2cccc([N+](=O)[O-])c2)c1. The van der Waals surface area contributed by atoms with Gasteiger partial charge in [0, 0.05) is 29.1 Å². The van der Waals surface area contributed by atoms with Gasteiger partial charge in [0.15, 0.2) is 0 Å². The highest BCUT2D eigenvalue weighted by Gasteiger charge is 2.35. The van der Waals surface area contributed by atoms with Crippen molar-refractivity contribution >= 4 is 40.6 Å². The zero-order valence-corrected chi connectivity index (χ0v) is 18.9. The van der Waals surface area contributed by atoms with E-state index in [1.807, 2.05) is 41.3 Å². The Bertz CT molecular complexity index is 1210. The zero-order valence-electron chi connectivity index (χ0n) is 18.1. The second kappa shape index (κ2) is 9.87. The zero-order chi connectivity index (χ0) is 23.4. The van der Waals surface area contributed by atoms with Crippen molar-refractivity contribution in [2.75, 3.05) is 16.0 Å². The highest BCUT2D eigenvalue weighted by molar-refractivity contribution is 8.00. The lowest BCUT2D eigenvalue weighted by molar-refractivity contribution is -0.384. The summed E-state index contributed by atoms with van der Waals surface area (Å²) in [6.45, 7) is 2.11. The third-order valence-corrected chi connectivity index (χ3v) is 6.60. The molecule has 1 aliphatic heterocycles. The second-order valence-corrected chi connectivity index (χ2v) is 8.76. The van der Waals surface area contributed by atoms with Crippen LogP contribution in [-0.2, 0) is 11.2 Å². The molecule has 168 valence electrons. The number of hydrogen-bond donors (Lipinski definition) is 1. The minimum atomic E-state index is -0.531. The number of nitrogens with zero attached hydrogens (tertiary/aromatic N) is 2. The van der Waals surface area contributed by atoms with Crippen molar-refractivity contribution in [1.29, 1.82) is 0 Å². The van der Waals surface area contributed by atoms with Gasteiger partial charge in [0.2, 0.25) is 5.91 Å². The summed E-state index contributed by atoms with van der Waals surface area (Å²) in [5.41, 5.74) is 3.58. The van der Waals surface area contributed by atoms with Crippen LogP contribution in [0.4, 0.5) is 17.1 Å². The molecule has 7 nitrogen and oxygen atoms in total. The fourth-order valence-corrected chi connectivity index (χ4v) is 5.05. The second-order valence-electron chi connectivity index (χ2n) is 7.69. The average molecular weight is 462 g/mol. The molecule has 8 heteroatoms. The van der Waals surface area contributed by atoms with E-state index < -0.39 is 10.8 Å². The Hall–Kier alpha value is -3.65. The summed E-state index contributed by atoms with van der Waals surface area (Å²) in [5.74, 6) is 0.00537. The van der Waals surface area contributed by atoms with E-state index in [1.165, 1.54) is 24.3 Å². The lowest BCUT2D eigenvalue weighted by atomic mass is 10.1. The highest BCUT2D eigenvalue weighted by Crippen LogP contribution is 2.43. The number of non-ortho nitro benzene ring substituents is 1. The van der Waals surface area contributed by atoms with Crippen molar-refractivity contribution in [3.05, 3.63) is 99.6 Å². The number of nitro benzene ring substituents is 1. The van der Waals surface area contributed by atoms with Crippen molar-refractivity contribution in [2.45, 2.75) is 25.1 Å². The number of nitro groups is 1. The molecule has 1 atom stereocenters. The maximum absolute atomic E-state index is 12.8. The van der Waals surface area contributed by atoms with E-state index in [0.29, 0.717) is 11.4 Å². The van der Waals surface area contributed by atoms with Crippen LogP contribution in [0.3, 0.4) is 0 Å². The minimum Gasteiger partial charge on any atom is -0.322 e. The molecule has 0 radical (unpaired) electrons. The molecule has 0 spiro atoms. The van der Waals surface area contributed by atoms with Crippen molar-refractivity contribution in [1.82, 2.24) is 0 Å². The summed E-state index contributed by atoms with van der Waals surface area (Å²) in [6.07, 6.45) is 1.87. The maximum atomic E-state index is 12.8. The first-order valence-electron chi connectivity index (χ1n) is 10.6. The number of carbonyl (C=O) groups excluding carboxylic acids is 2. The molecule has 0 saturated carbocycles. The van der Waals surface area contributed by atoms with E-state index in [9.17, 15) is 19.7 Å². The third-order valence-electron chi connectivity index (χ3n) is 5.39. The number of benzene rings is 3. The molecule has 1 heterocycles. The summed E-state index contributed by atoms with van der Waals surface area (Å²) in [6, 6.07) is 21.0. The number of anilines is 2. The van der Waals surface area contributed by atoms with Gasteiger partial charge in [0.25, 0.3) is 11.6 Å². The topological polar surface area (TPSA) is 92.6 Å². The highest BCUT2D eigenvalue weighted by atomic mass is 32.2. The first-order chi connectivity index (χ1) is 16.0. The van der Waals surface area contributed by atoms with Crippen molar-refractivity contribution in [3.63, 3.8) is 0 Å². The quantitative estimate of drug-likeness (QED) is 0.366. The molecule has 1 saturated heterocycles. The predicted octanol–water partition coefficient (Wildman–Crippen LogP) is 5.58. The number of amides is 2. The number of rotatable bonds is 7. The molecule has 0 bridgehead atoms. The molecule has 4 rings (SSSR count). The Morgan fingerprint density at radius 1 is 1.12 bits per heavy atom. The summed E-state index contributed by atoms with van der Waals surface area (Å²) in [5, 5.41) is 13.6. The largest absolute Gasteiger partial charge is 0.322 e. The summed E-state index contributed by atoms with van der Waals surface area (Å²) >= 11 is 1.55. The van der Waals surface area contributed by atoms with Gasteiger partial charge in [-0.15, -0.1) is 11.8 Å². The van der Waals surface area contributed by atoms with Crippen LogP contribution < -0.4 is 10.2 Å². The molecule has 1 N–H and O–H groups in total. The summed E-state index contributed by atoms with van der Waals surface area (Å²) < 4.78 is 0. The van der Waals surface area contributed by atoms with Gasteiger partial charge in [-0.25, -0.2) is 0 Å². The number of nitrogens with one attached hydrogen (secondary N) is 1. The number of para-hydroxylation sites is 1. The van der Waals surface area contributed by atoms with Gasteiger partial charge in [-0.1, -0.05) is 49.7 Å². The van der Waals surface area contributed by atoms with Gasteiger partial charge in [0.1, 0.15) is 5.37 Å². The fraction of sp³-hybridized carbons (Fsp3) is 0.200. The van der Waals surface area contributed by atoms with Crippen LogP contribution in [0.2, 0.25) is 0 Å². The van der Waals surface area contributed by atoms with Crippen LogP contribution in [0.15, 0.2) is 72.8 Å². The van der Waals surface area contributed by atoms with E-state index >= 15 is 0 Å². The Morgan fingerprint density at radius 3 is 2.70 bits per heavy atom. The molecule has 0 unspecified atom stereocenters. The molecule has 3 aromatic carbocycles. The van der Waals surface area contributed by atoms with Gasteiger partial charge < -0.3 is 5.32 Å². The van der Waals surface area contributed by atoms with Crippen LogP contribution >= 0.6 is 11.8 Å². The minimum absolute atomic E-state index is 0.0552. The monoisotopic (exact) mass is 461 g/mol. The molecule has 0 aliphatic carbocycles. The summed E-state index contributed by atoms with van der Waals surface area (Å²) in [7, 11) is 0. The van der Waals surface area contributed by atoms with Gasteiger partial charge in [-0.3, -0.25) is 24.6 Å². The Labute approximate surface area is 196 Å². The molecular formula is C25H23N3O4S. The van der Waals surface area contributed by atoms with Gasteiger partial charge in [-0.2, -0.15) is 0 Å². The van der Waals surface area contributed by atoms with Crippen LogP contribution in [-0.4, -0.2) is 22.5 Å². The first-order valence-corrected chi connectivity index (χ1v) is 11.7. The van der Waals surface area contributed by atoms with E-state index in [1.54, 1.807) is 17.8 Å². The Balaban J connectivity index is 1.59. The van der Waals surface area contributed by atoms with Crippen molar-refractivity contribution in [3.8, 4) is 0 Å². The number of thioether (sulfide) groups is 1. The Morgan fingerprint density at radius 2 is 1.91 bits per heavy atom. The van der Waals surface area contributed by atoms with E-state index in [2.05, 4.69) is 18.3 Å². The van der Waals surface area contributed by atoms with Crippen LogP contribution in [0.25, 0.3) is 0 Å². The fourth-order valence-electron chi connectivity index (χ4n) is 3.89. The van der Waals surface area contributed by atoms with Gasteiger partial charge in [0.05, 0.1) is 10.7 Å². The van der Waals surface area contributed by atoms with Crippen LogP contribution in [0.5, 0.6) is 0 Å². The van der Waals surface area contributed by atoms with Crippen molar-refractivity contribution in [2.24, 2.45) is 0 Å². The molecular weight excluding hydrogens is 438 g/mol. The van der Waals surface area contributed by atoms with E-state index in [-0.39, 0.29) is 22.5 Å². The molecule has 1 fully saturated rings. The smallest absolute Gasteiger partial charge is 0.270 e. The van der Waals surface area contributed by atoms with Gasteiger partial charge >= 0.3 is 0 Å². The standard InChI is InChI=1S/C25H23N3O4S/c1-2-7-17-8-3-4-13-22(17)27-23(29)16-33-25(27)19-10-5-11-20(14-19)26-24(30)18-9-6-12-21(15-18)28(31)32/h3-6,8-15,25H,2,7,16H2,1H3,(H,26,30)/t25-/m1/s1. The number of hydrogen-bond acceptors (Lipinski definition) is 5. The first kappa shape index (κ1) is 22.5. The maximum Gasteiger partial charge on any atom is 0.270 e. The van der Waals surface area contributed by atoms with Gasteiger partial charge in [-0.05, 0) is 41.8 Å². The van der Waals surface area contributed by atoms with Crippen LogP contribution in [0, 0.1) is 10.1 Å². The van der Waals surface area contributed by atoms with Crippen molar-refractivity contribution < 1.29 is 14.5 Å². The molecule has 0 aromatic heterocycles. The van der Waals surface area contributed by atoms with Crippen LogP contribution in [0.1, 0.15) is 40.2 Å². The molecule has 3 aromatic rings. The number of carbonyl (C=O) groups is 2. The molecule has 33 heavy (non-hydrogen) atoms. The normalized spacial score (nSPS) is 15.5. The van der Waals surface area contributed by atoms with E-state index in [4.69, 9.17) is 0 Å². The summed E-state index contributed by atoms with van der Waals surface area (Å²) in [4.78, 5) is 37.8. The lowest BCUT2D eigenvalue weighted by Crippen LogP contribution is -2.28. The Kier molecular flexibility index (Phi) is 6.74. The third kappa shape index (κ3) is 4.90. The van der Waals surface area contributed by atoms with E-state index in [0.717, 1.165) is 29.7 Å². The average Bonchev–Trinajstić information content (AvgIpc) is 3.21. The molecule has 1 aliphatic rings. The predicted molar refractivity (Wildman–Crippen MR) is 131 cm³/mol. The molecule has 2 amide bonds.